The Bertz CT molecular complexity index is 1680. The lowest BCUT2D eigenvalue weighted by Gasteiger charge is -2.19. The van der Waals surface area contributed by atoms with E-state index in [1.54, 1.807) is 6.07 Å². The first-order chi connectivity index (χ1) is 21.1. The molecule has 0 radical (unpaired) electrons. The Labute approximate surface area is 250 Å². The van der Waals surface area contributed by atoms with E-state index in [1.807, 2.05) is 97.2 Å². The third-order valence-electron chi connectivity index (χ3n) is 7.38. The quantitative estimate of drug-likeness (QED) is 0.102. The van der Waals surface area contributed by atoms with Crippen molar-refractivity contribution >= 4 is 39.4 Å². The zero-order valence-electron chi connectivity index (χ0n) is 24.0. The monoisotopic (exact) mass is 576 g/mol. The number of nitrogens with one attached hydrogen (secondary N) is 4. The van der Waals surface area contributed by atoms with Gasteiger partial charge in [0, 0.05) is 42.0 Å². The number of hydrogen-bond donors (Lipinski definition) is 4. The van der Waals surface area contributed by atoms with Gasteiger partial charge in [0.05, 0.1) is 6.61 Å². The Morgan fingerprint density at radius 3 is 2.42 bits per heavy atom. The third kappa shape index (κ3) is 8.30. The van der Waals surface area contributed by atoms with Crippen molar-refractivity contribution in [3.63, 3.8) is 0 Å². The molecule has 220 valence electrons. The molecule has 0 spiro atoms. The summed E-state index contributed by atoms with van der Waals surface area (Å²) in [5.41, 5.74) is 5.89. The van der Waals surface area contributed by atoms with Crippen LogP contribution in [0.3, 0.4) is 0 Å². The predicted octanol–water partition coefficient (Wildman–Crippen LogP) is 5.59. The number of aromatic amines is 1. The van der Waals surface area contributed by atoms with Gasteiger partial charge in [-0.15, -0.1) is 0 Å². The van der Waals surface area contributed by atoms with Crippen LogP contribution in [-0.4, -0.2) is 35.3 Å². The molecule has 0 fully saturated rings. The van der Waals surface area contributed by atoms with Crippen molar-refractivity contribution in [2.45, 2.75) is 44.8 Å². The van der Waals surface area contributed by atoms with Gasteiger partial charge in [-0.05, 0) is 52.9 Å². The first kappa shape index (κ1) is 29.5. The molecule has 5 rings (SSSR count). The molecule has 8 heteroatoms. The van der Waals surface area contributed by atoms with Gasteiger partial charge in [0.15, 0.2) is 0 Å². The van der Waals surface area contributed by atoms with Gasteiger partial charge < -0.3 is 15.6 Å². The lowest BCUT2D eigenvalue weighted by Crippen LogP contribution is -2.48. The summed E-state index contributed by atoms with van der Waals surface area (Å²) in [7, 11) is 0. The molecule has 0 saturated heterocycles. The molecule has 1 heterocycles. The van der Waals surface area contributed by atoms with E-state index in [9.17, 15) is 14.4 Å². The van der Waals surface area contributed by atoms with Crippen molar-refractivity contribution in [1.29, 1.82) is 0 Å². The van der Waals surface area contributed by atoms with E-state index in [-0.39, 0.29) is 17.7 Å². The van der Waals surface area contributed by atoms with Crippen LogP contribution < -0.4 is 16.1 Å². The van der Waals surface area contributed by atoms with Gasteiger partial charge in [-0.25, -0.2) is 5.48 Å². The fraction of sp³-hybridized carbons (Fsp3) is 0.229. The van der Waals surface area contributed by atoms with Crippen LogP contribution in [0, 0.1) is 0 Å². The fourth-order valence-corrected chi connectivity index (χ4v) is 5.05. The summed E-state index contributed by atoms with van der Waals surface area (Å²) in [6.45, 7) is 0.761. The molecule has 1 unspecified atom stereocenters. The molecule has 1 aromatic heterocycles. The average molecular weight is 577 g/mol. The number of carbonyl (C=O) groups excluding carboxylic acids is 3. The van der Waals surface area contributed by atoms with Gasteiger partial charge >= 0.3 is 0 Å². The molecule has 43 heavy (non-hydrogen) atoms. The van der Waals surface area contributed by atoms with Crippen LogP contribution in [0.2, 0.25) is 0 Å². The highest BCUT2D eigenvalue weighted by Crippen LogP contribution is 2.20. The Morgan fingerprint density at radius 2 is 1.56 bits per heavy atom. The van der Waals surface area contributed by atoms with Crippen molar-refractivity contribution in [3.8, 4) is 0 Å². The SMILES string of the molecule is O=C(CCCCCNC(=O)C(Cc1c[nH]c2ccccc12)NC(=O)c1ccc2ccccc2c1)NOCc1ccccc1. The normalized spacial score (nSPS) is 11.7. The lowest BCUT2D eigenvalue weighted by molar-refractivity contribution is -0.134. The molecule has 0 bridgehead atoms. The number of amides is 3. The number of aromatic nitrogens is 1. The van der Waals surface area contributed by atoms with E-state index in [1.165, 1.54) is 0 Å². The topological polar surface area (TPSA) is 112 Å². The molecular weight excluding hydrogens is 540 g/mol. The predicted molar refractivity (Wildman–Crippen MR) is 168 cm³/mol. The summed E-state index contributed by atoms with van der Waals surface area (Å²) in [4.78, 5) is 47.2. The van der Waals surface area contributed by atoms with E-state index in [0.29, 0.717) is 44.4 Å². The molecule has 4 N–H and O–H groups in total. The maximum Gasteiger partial charge on any atom is 0.251 e. The number of fused-ring (bicyclic) bond motifs is 2. The average Bonchev–Trinajstić information content (AvgIpc) is 3.45. The molecule has 0 aliphatic heterocycles. The van der Waals surface area contributed by atoms with Crippen molar-refractivity contribution in [3.05, 3.63) is 120 Å². The standard InChI is InChI=1S/C35H36N4O4/c40-33(39-43-24-25-11-3-1-4-12-25)17-5-2-10-20-36-35(42)32(22-29-23-37-31-16-9-8-15-30(29)31)38-34(41)28-19-18-26-13-6-7-14-27(26)21-28/h1,3-4,6-9,11-16,18-19,21,23,32,37H,2,5,10,17,20,22,24H2,(H,36,42)(H,38,41)(H,39,40). The number of carbonyl (C=O) groups is 3. The molecular formula is C35H36N4O4. The van der Waals surface area contributed by atoms with E-state index in [2.05, 4.69) is 21.1 Å². The highest BCUT2D eigenvalue weighted by molar-refractivity contribution is 6.01. The molecule has 4 aromatic carbocycles. The van der Waals surface area contributed by atoms with E-state index in [0.717, 1.165) is 39.2 Å². The van der Waals surface area contributed by atoms with Crippen LogP contribution >= 0.6 is 0 Å². The first-order valence-electron chi connectivity index (χ1n) is 14.6. The number of hydrogen-bond acceptors (Lipinski definition) is 4. The number of hydroxylamine groups is 1. The van der Waals surface area contributed by atoms with Crippen molar-refractivity contribution in [1.82, 2.24) is 21.1 Å². The van der Waals surface area contributed by atoms with Gasteiger partial charge in [0.1, 0.15) is 6.04 Å². The smallest absolute Gasteiger partial charge is 0.251 e. The summed E-state index contributed by atoms with van der Waals surface area (Å²) in [6.07, 6.45) is 4.73. The Balaban J connectivity index is 1.12. The summed E-state index contributed by atoms with van der Waals surface area (Å²) < 4.78 is 0. The molecule has 8 nitrogen and oxygen atoms in total. The van der Waals surface area contributed by atoms with Crippen LogP contribution in [0.15, 0.2) is 103 Å². The minimum atomic E-state index is -0.759. The number of H-pyrrole nitrogens is 1. The van der Waals surface area contributed by atoms with Crippen LogP contribution in [-0.2, 0) is 27.5 Å². The maximum absolute atomic E-state index is 13.3. The van der Waals surface area contributed by atoms with E-state index < -0.39 is 6.04 Å². The summed E-state index contributed by atoms with van der Waals surface area (Å²) in [5, 5.41) is 8.98. The lowest BCUT2D eigenvalue weighted by atomic mass is 10.0. The number of rotatable bonds is 14. The molecule has 5 aromatic rings. The van der Waals surface area contributed by atoms with Crippen LogP contribution in [0.1, 0.15) is 47.2 Å². The molecule has 0 saturated carbocycles. The highest BCUT2D eigenvalue weighted by atomic mass is 16.6. The van der Waals surface area contributed by atoms with Crippen LogP contribution in [0.25, 0.3) is 21.7 Å². The fourth-order valence-electron chi connectivity index (χ4n) is 5.05. The van der Waals surface area contributed by atoms with Crippen molar-refractivity contribution in [2.24, 2.45) is 0 Å². The molecule has 0 aliphatic rings. The summed E-state index contributed by atoms with van der Waals surface area (Å²) >= 11 is 0. The van der Waals surface area contributed by atoms with Crippen molar-refractivity contribution < 1.29 is 19.2 Å². The van der Waals surface area contributed by atoms with E-state index >= 15 is 0 Å². The Hall–Kier alpha value is -4.95. The van der Waals surface area contributed by atoms with Gasteiger partial charge in [0.25, 0.3) is 5.91 Å². The van der Waals surface area contributed by atoms with Crippen LogP contribution in [0.5, 0.6) is 0 Å². The molecule has 0 aliphatic carbocycles. The third-order valence-corrected chi connectivity index (χ3v) is 7.38. The van der Waals surface area contributed by atoms with Gasteiger partial charge in [-0.1, -0.05) is 85.3 Å². The van der Waals surface area contributed by atoms with Gasteiger partial charge in [0.2, 0.25) is 11.8 Å². The minimum Gasteiger partial charge on any atom is -0.361 e. The van der Waals surface area contributed by atoms with E-state index in [4.69, 9.17) is 4.84 Å². The second-order valence-corrected chi connectivity index (χ2v) is 10.6. The Kier molecular flexibility index (Phi) is 10.2. The second kappa shape index (κ2) is 14.8. The number of benzene rings is 4. The molecule has 1 atom stereocenters. The zero-order valence-corrected chi connectivity index (χ0v) is 24.0. The summed E-state index contributed by atoms with van der Waals surface area (Å²) in [5.74, 6) is -0.715. The highest BCUT2D eigenvalue weighted by Gasteiger charge is 2.23. The molecule has 3 amide bonds. The minimum absolute atomic E-state index is 0.171. The van der Waals surface area contributed by atoms with Crippen LogP contribution in [0.4, 0.5) is 0 Å². The van der Waals surface area contributed by atoms with Gasteiger partial charge in [-0.3, -0.25) is 19.2 Å². The number of unbranched alkanes of at least 4 members (excludes halogenated alkanes) is 2. The van der Waals surface area contributed by atoms with Crippen molar-refractivity contribution in [2.75, 3.05) is 6.54 Å². The maximum atomic E-state index is 13.3. The zero-order chi connectivity index (χ0) is 29.9. The largest absolute Gasteiger partial charge is 0.361 e. The number of para-hydroxylation sites is 1. The van der Waals surface area contributed by atoms with Gasteiger partial charge in [-0.2, -0.15) is 0 Å². The Morgan fingerprint density at radius 1 is 0.791 bits per heavy atom. The first-order valence-corrected chi connectivity index (χ1v) is 14.6. The second-order valence-electron chi connectivity index (χ2n) is 10.6. The summed E-state index contributed by atoms with van der Waals surface area (Å²) in [6, 6.07) is 30.1.